The zero-order valence-corrected chi connectivity index (χ0v) is 16.1. The van der Waals surface area contributed by atoms with Crippen LogP contribution in [0.2, 0.25) is 0 Å². The molecule has 0 spiro atoms. The fourth-order valence-corrected chi connectivity index (χ4v) is 6.97. The van der Waals surface area contributed by atoms with Crippen LogP contribution in [0.4, 0.5) is 0 Å². The summed E-state index contributed by atoms with van der Waals surface area (Å²) in [6.07, 6.45) is 0. The third-order valence-electron chi connectivity index (χ3n) is 2.97. The lowest BCUT2D eigenvalue weighted by molar-refractivity contribution is 0.450. The lowest BCUT2D eigenvalue weighted by atomic mass is 10.4. The minimum absolute atomic E-state index is 0.655. The Morgan fingerprint density at radius 2 is 0.778 bits per heavy atom. The van der Waals surface area contributed by atoms with Gasteiger partial charge in [-0.25, -0.2) is 0 Å². The van der Waals surface area contributed by atoms with Gasteiger partial charge in [-0.05, 0) is 24.3 Å². The zero-order chi connectivity index (χ0) is 20.7. The molecule has 15 heteroatoms. The van der Waals surface area contributed by atoms with Crippen molar-refractivity contribution in [3.05, 3.63) is 48.5 Å². The second-order valence-electron chi connectivity index (χ2n) is 4.82. The molecule has 0 radical (unpaired) electrons. The van der Waals surface area contributed by atoms with Crippen LogP contribution in [0.1, 0.15) is 0 Å². The van der Waals surface area contributed by atoms with Crippen LogP contribution < -0.4 is 0 Å². The van der Waals surface area contributed by atoms with E-state index in [-0.39, 0.29) is 0 Å². The maximum absolute atomic E-state index is 12.3. The van der Waals surface area contributed by atoms with Crippen LogP contribution >= 0.6 is 0 Å². The van der Waals surface area contributed by atoms with E-state index in [2.05, 4.69) is 3.63 Å². The smallest absolute Gasteiger partial charge is 0.282 e. The van der Waals surface area contributed by atoms with E-state index >= 15 is 0 Å². The maximum atomic E-state index is 12.3. The highest BCUT2D eigenvalue weighted by Gasteiger charge is 2.34. The average Bonchev–Trinajstić information content (AvgIpc) is 2.52. The Labute approximate surface area is 155 Å². The molecule has 0 saturated heterocycles. The Morgan fingerprint density at radius 3 is 1.04 bits per heavy atom. The highest BCUT2D eigenvalue weighted by molar-refractivity contribution is 8.00. The van der Waals surface area contributed by atoms with Gasteiger partial charge in [0, 0.05) is 0 Å². The highest BCUT2D eigenvalue weighted by Crippen LogP contribution is 2.28. The third kappa shape index (κ3) is 4.70. The molecular formula is C12H10O11S4. The minimum Gasteiger partial charge on any atom is -0.282 e. The van der Waals surface area contributed by atoms with Crippen molar-refractivity contribution in [1.29, 1.82) is 0 Å². The first-order valence-electron chi connectivity index (χ1n) is 6.50. The summed E-state index contributed by atoms with van der Waals surface area (Å²) in [4.78, 5) is -4.69. The highest BCUT2D eigenvalue weighted by atomic mass is 32.3. The molecule has 0 unspecified atom stereocenters. The van der Waals surface area contributed by atoms with Crippen LogP contribution in [0.15, 0.2) is 68.1 Å². The Hall–Kier alpha value is -1.88. The number of rotatable bonds is 6. The van der Waals surface area contributed by atoms with Crippen LogP contribution in [-0.4, -0.2) is 42.8 Å². The maximum Gasteiger partial charge on any atom is 0.313 e. The predicted octanol–water partition coefficient (Wildman–Crippen LogP) is 0.274. The van der Waals surface area contributed by atoms with E-state index in [0.717, 1.165) is 24.3 Å². The van der Waals surface area contributed by atoms with Crippen molar-refractivity contribution in [2.24, 2.45) is 0 Å². The number of hydrogen-bond donors (Lipinski definition) is 2. The fraction of sp³-hybridized carbons (Fsp3) is 0. The average molecular weight is 458 g/mol. The molecule has 0 atom stereocenters. The Morgan fingerprint density at radius 1 is 0.519 bits per heavy atom. The fourth-order valence-electron chi connectivity index (χ4n) is 1.93. The number of benzene rings is 2. The molecule has 2 rings (SSSR count). The van der Waals surface area contributed by atoms with Gasteiger partial charge in [0.1, 0.15) is 19.6 Å². The molecule has 0 amide bonds. The largest absolute Gasteiger partial charge is 0.313 e. The minimum atomic E-state index is -5.35. The molecular weight excluding hydrogens is 448 g/mol. The van der Waals surface area contributed by atoms with Gasteiger partial charge >= 0.3 is 20.2 Å². The topological polar surface area (TPSA) is 186 Å². The number of hydrogen-bond acceptors (Lipinski definition) is 9. The lowest BCUT2D eigenvalue weighted by Crippen LogP contribution is -2.18. The van der Waals surface area contributed by atoms with Crippen molar-refractivity contribution in [3.63, 3.8) is 0 Å². The van der Waals surface area contributed by atoms with E-state index < -0.39 is 60.1 Å². The van der Waals surface area contributed by atoms with E-state index in [1.807, 2.05) is 0 Å². The molecule has 0 bridgehead atoms. The van der Waals surface area contributed by atoms with Gasteiger partial charge < -0.3 is 0 Å². The van der Waals surface area contributed by atoms with Gasteiger partial charge in [-0.15, -0.1) is 3.63 Å². The molecule has 11 nitrogen and oxygen atoms in total. The molecule has 2 aromatic rings. The van der Waals surface area contributed by atoms with Crippen LogP contribution in [0.5, 0.6) is 0 Å². The van der Waals surface area contributed by atoms with Crippen LogP contribution in [0, 0.1) is 0 Å². The van der Waals surface area contributed by atoms with Crippen molar-refractivity contribution >= 4 is 40.5 Å². The van der Waals surface area contributed by atoms with Gasteiger partial charge in [0.15, 0.2) is 0 Å². The Balaban J connectivity index is 2.65. The van der Waals surface area contributed by atoms with Gasteiger partial charge in [-0.1, -0.05) is 24.3 Å². The second kappa shape index (κ2) is 6.93. The van der Waals surface area contributed by atoms with E-state index in [1.165, 1.54) is 0 Å². The van der Waals surface area contributed by atoms with Gasteiger partial charge in [-0.3, -0.25) is 9.11 Å². The van der Waals surface area contributed by atoms with Crippen molar-refractivity contribution in [2.75, 3.05) is 0 Å². The monoisotopic (exact) mass is 458 g/mol. The van der Waals surface area contributed by atoms with E-state index in [1.54, 1.807) is 0 Å². The molecule has 27 heavy (non-hydrogen) atoms. The summed E-state index contributed by atoms with van der Waals surface area (Å²) in [5, 5.41) is 0. The van der Waals surface area contributed by atoms with Crippen LogP contribution in [0.25, 0.3) is 0 Å². The summed E-state index contributed by atoms with van der Waals surface area (Å²) in [7, 11) is -20.8. The van der Waals surface area contributed by atoms with E-state index in [9.17, 15) is 33.7 Å². The summed E-state index contributed by atoms with van der Waals surface area (Å²) in [5.74, 6) is 0. The van der Waals surface area contributed by atoms with Crippen LogP contribution in [-0.2, 0) is 44.1 Å². The molecule has 0 aromatic heterocycles. The van der Waals surface area contributed by atoms with E-state index in [4.69, 9.17) is 9.11 Å². The van der Waals surface area contributed by atoms with Crippen molar-refractivity contribution in [3.8, 4) is 0 Å². The molecule has 148 valence electrons. The lowest BCUT2D eigenvalue weighted by Gasteiger charge is -2.10. The first kappa shape index (κ1) is 21.4. The molecule has 2 aromatic carbocycles. The molecule has 0 aliphatic carbocycles. The first-order valence-corrected chi connectivity index (χ1v) is 12.2. The molecule has 0 saturated carbocycles. The van der Waals surface area contributed by atoms with Gasteiger partial charge in [-0.2, -0.15) is 33.7 Å². The Kier molecular flexibility index (Phi) is 5.50. The molecule has 2 N–H and O–H groups in total. The summed E-state index contributed by atoms with van der Waals surface area (Å²) < 4.78 is 116. The molecule has 0 heterocycles. The Bertz CT molecular complexity index is 1200. The quantitative estimate of drug-likeness (QED) is 0.566. The standard InChI is InChI=1S/C12H10O11S4/c13-24(14,15)9-5-1-3-7-11(9)26(19,20)23-27(21,22)12-8-4-2-6-10(12)25(16,17)18/h1-8H,(H,13,14,15)(H,16,17,18). The third-order valence-corrected chi connectivity index (χ3v) is 8.28. The zero-order valence-electron chi connectivity index (χ0n) is 12.8. The molecule has 0 fully saturated rings. The van der Waals surface area contributed by atoms with E-state index in [0.29, 0.717) is 24.3 Å². The second-order valence-corrected chi connectivity index (χ2v) is 10.8. The summed E-state index contributed by atoms with van der Waals surface area (Å²) in [6, 6.07) is 6.86. The summed E-state index contributed by atoms with van der Waals surface area (Å²) >= 11 is 0. The summed E-state index contributed by atoms with van der Waals surface area (Å²) in [6.45, 7) is 0. The first-order chi connectivity index (χ1) is 12.2. The molecule has 0 aliphatic rings. The normalized spacial score (nSPS) is 13.4. The SMILES string of the molecule is O=S(=O)(O)c1ccccc1S(=O)(=O)OS(=O)(=O)c1ccccc1S(=O)(=O)O. The van der Waals surface area contributed by atoms with Crippen molar-refractivity contribution in [1.82, 2.24) is 0 Å². The van der Waals surface area contributed by atoms with Crippen molar-refractivity contribution < 1.29 is 46.4 Å². The van der Waals surface area contributed by atoms with Crippen molar-refractivity contribution in [2.45, 2.75) is 19.6 Å². The van der Waals surface area contributed by atoms with Gasteiger partial charge in [0.2, 0.25) is 0 Å². The predicted molar refractivity (Wildman–Crippen MR) is 88.0 cm³/mol. The molecule has 0 aliphatic heterocycles. The van der Waals surface area contributed by atoms with Gasteiger partial charge in [0.25, 0.3) is 20.2 Å². The van der Waals surface area contributed by atoms with Crippen LogP contribution in [0.3, 0.4) is 0 Å². The summed E-state index contributed by atoms with van der Waals surface area (Å²) in [5.41, 5.74) is 0. The van der Waals surface area contributed by atoms with Gasteiger partial charge in [0.05, 0.1) is 0 Å².